The van der Waals surface area contributed by atoms with Crippen LogP contribution in [0.5, 0.6) is 23.0 Å². The molecule has 9 nitrogen and oxygen atoms in total. The van der Waals surface area contributed by atoms with Crippen LogP contribution in [0.3, 0.4) is 0 Å². The Balaban J connectivity index is 1.89. The summed E-state index contributed by atoms with van der Waals surface area (Å²) >= 11 is 0. The van der Waals surface area contributed by atoms with E-state index >= 15 is 0 Å². The number of hydrogen-bond donors (Lipinski definition) is 7. The van der Waals surface area contributed by atoms with E-state index in [4.69, 9.17) is 9.47 Å². The number of ether oxygens (including phenoxy) is 2. The number of hydrogen-bond acceptors (Lipinski definition) is 9. The molecule has 0 bridgehead atoms. The van der Waals surface area contributed by atoms with Crippen LogP contribution in [0.25, 0.3) is 12.2 Å². The second-order valence-corrected chi connectivity index (χ2v) is 6.62. The largest absolute Gasteiger partial charge is 0.508 e. The summed E-state index contributed by atoms with van der Waals surface area (Å²) in [5.74, 6) is -0.743. The summed E-state index contributed by atoms with van der Waals surface area (Å²) in [4.78, 5) is 0. The van der Waals surface area contributed by atoms with E-state index in [0.717, 1.165) is 6.07 Å². The number of benzene rings is 2. The van der Waals surface area contributed by atoms with Crippen LogP contribution in [0.2, 0.25) is 0 Å². The first-order valence-corrected chi connectivity index (χ1v) is 8.80. The fourth-order valence-electron chi connectivity index (χ4n) is 2.92. The lowest BCUT2D eigenvalue weighted by atomic mass is 9.99. The summed E-state index contributed by atoms with van der Waals surface area (Å²) in [5.41, 5.74) is 0.942. The minimum absolute atomic E-state index is 0.101. The van der Waals surface area contributed by atoms with Gasteiger partial charge in [-0.3, -0.25) is 0 Å². The van der Waals surface area contributed by atoms with Crippen LogP contribution >= 0.6 is 0 Å². The summed E-state index contributed by atoms with van der Waals surface area (Å²) in [6.07, 6.45) is -4.36. The van der Waals surface area contributed by atoms with Crippen molar-refractivity contribution in [2.75, 3.05) is 6.61 Å². The molecule has 2 aromatic carbocycles. The molecular weight excluding hydrogens is 384 g/mol. The molecule has 0 aromatic heterocycles. The molecule has 7 N–H and O–H groups in total. The molecule has 1 aliphatic rings. The smallest absolute Gasteiger partial charge is 0.229 e. The third-order valence-electron chi connectivity index (χ3n) is 4.51. The molecule has 0 aliphatic carbocycles. The van der Waals surface area contributed by atoms with Crippen LogP contribution in [0.4, 0.5) is 0 Å². The van der Waals surface area contributed by atoms with Gasteiger partial charge in [0.2, 0.25) is 6.29 Å². The van der Waals surface area contributed by atoms with Crippen LogP contribution in [0.15, 0.2) is 36.4 Å². The average molecular weight is 406 g/mol. The van der Waals surface area contributed by atoms with E-state index in [2.05, 4.69) is 0 Å². The van der Waals surface area contributed by atoms with Gasteiger partial charge in [0, 0.05) is 11.6 Å². The predicted octanol–water partition coefficient (Wildman–Crippen LogP) is 0.152. The molecule has 2 unspecified atom stereocenters. The lowest BCUT2D eigenvalue weighted by molar-refractivity contribution is -0.277. The number of aliphatic hydroxyl groups excluding tert-OH is 4. The third-order valence-corrected chi connectivity index (χ3v) is 4.51. The predicted molar refractivity (Wildman–Crippen MR) is 101 cm³/mol. The highest BCUT2D eigenvalue weighted by Crippen LogP contribution is 2.38. The highest BCUT2D eigenvalue weighted by atomic mass is 16.7. The van der Waals surface area contributed by atoms with Gasteiger partial charge in [-0.15, -0.1) is 0 Å². The van der Waals surface area contributed by atoms with Gasteiger partial charge in [0.15, 0.2) is 11.5 Å². The van der Waals surface area contributed by atoms with Crippen LogP contribution in [-0.2, 0) is 4.74 Å². The van der Waals surface area contributed by atoms with Crippen molar-refractivity contribution in [3.8, 4) is 23.0 Å². The minimum atomic E-state index is -1.66. The maximum atomic E-state index is 10.2. The lowest BCUT2D eigenvalue weighted by Crippen LogP contribution is -2.60. The first-order chi connectivity index (χ1) is 13.8. The van der Waals surface area contributed by atoms with Crippen molar-refractivity contribution in [3.05, 3.63) is 47.5 Å². The molecule has 1 heterocycles. The molecule has 0 amide bonds. The van der Waals surface area contributed by atoms with Crippen molar-refractivity contribution >= 4 is 12.2 Å². The second-order valence-electron chi connectivity index (χ2n) is 6.62. The second kappa shape index (κ2) is 8.68. The number of phenolic OH excluding ortho intramolecular Hbond substituents is 3. The maximum absolute atomic E-state index is 10.2. The van der Waals surface area contributed by atoms with Gasteiger partial charge in [-0.1, -0.05) is 24.3 Å². The van der Waals surface area contributed by atoms with Gasteiger partial charge in [-0.2, -0.15) is 0 Å². The lowest BCUT2D eigenvalue weighted by Gasteiger charge is -2.39. The van der Waals surface area contributed by atoms with E-state index in [1.165, 1.54) is 24.3 Å². The van der Waals surface area contributed by atoms with Gasteiger partial charge >= 0.3 is 0 Å². The third kappa shape index (κ3) is 4.61. The molecule has 1 aliphatic heterocycles. The van der Waals surface area contributed by atoms with Gasteiger partial charge < -0.3 is 45.2 Å². The molecule has 5 atom stereocenters. The standard InChI is InChI=1S/C20H22O9/c21-9-15-16(25)17(26)18(27)20(28-15)29-19-11(7-13(23)8-14(19)24)4-1-10-2-5-12(22)6-3-10/h1-8,15-18,20-27H,9H2/b4-1+/t15?,16-,17+,18-,20?/m1/s1. The molecular formula is C20H22O9. The fourth-order valence-corrected chi connectivity index (χ4v) is 2.92. The zero-order valence-electron chi connectivity index (χ0n) is 15.2. The Hall–Kier alpha value is -2.82. The van der Waals surface area contributed by atoms with Crippen molar-refractivity contribution in [2.24, 2.45) is 0 Å². The Labute approximate surface area is 165 Å². The zero-order valence-corrected chi connectivity index (χ0v) is 15.2. The van der Waals surface area contributed by atoms with Crippen LogP contribution in [0, 0.1) is 0 Å². The van der Waals surface area contributed by atoms with Crippen molar-refractivity contribution in [1.29, 1.82) is 0 Å². The monoisotopic (exact) mass is 406 g/mol. The van der Waals surface area contributed by atoms with E-state index < -0.39 is 43.1 Å². The van der Waals surface area contributed by atoms with Gasteiger partial charge in [-0.25, -0.2) is 0 Å². The summed E-state index contributed by atoms with van der Waals surface area (Å²) in [6.45, 7) is -0.625. The fraction of sp³-hybridized carbons (Fsp3) is 0.300. The summed E-state index contributed by atoms with van der Waals surface area (Å²) in [5, 5.41) is 68.5. The molecule has 0 radical (unpaired) electrons. The van der Waals surface area contributed by atoms with Crippen molar-refractivity contribution in [3.63, 3.8) is 0 Å². The molecule has 3 rings (SSSR count). The Morgan fingerprint density at radius 2 is 1.55 bits per heavy atom. The Morgan fingerprint density at radius 1 is 0.862 bits per heavy atom. The molecule has 156 valence electrons. The Morgan fingerprint density at radius 3 is 2.21 bits per heavy atom. The van der Waals surface area contributed by atoms with Gasteiger partial charge in [0.25, 0.3) is 0 Å². The molecule has 2 aromatic rings. The Kier molecular flexibility index (Phi) is 6.26. The average Bonchev–Trinajstić information content (AvgIpc) is 2.69. The topological polar surface area (TPSA) is 160 Å². The summed E-state index contributed by atoms with van der Waals surface area (Å²) in [7, 11) is 0. The quantitative estimate of drug-likeness (QED) is 0.343. The Bertz CT molecular complexity index is 863. The van der Waals surface area contributed by atoms with E-state index in [9.17, 15) is 35.7 Å². The van der Waals surface area contributed by atoms with E-state index in [1.807, 2.05) is 0 Å². The number of phenols is 3. The highest BCUT2D eigenvalue weighted by molar-refractivity contribution is 5.75. The highest BCUT2D eigenvalue weighted by Gasteiger charge is 2.45. The molecule has 29 heavy (non-hydrogen) atoms. The maximum Gasteiger partial charge on any atom is 0.229 e. The summed E-state index contributed by atoms with van der Waals surface area (Å²) < 4.78 is 10.8. The number of aliphatic hydroxyl groups is 4. The van der Waals surface area contributed by atoms with Crippen molar-refractivity contribution in [2.45, 2.75) is 30.7 Å². The number of rotatable bonds is 5. The zero-order chi connectivity index (χ0) is 21.1. The van der Waals surface area contributed by atoms with Crippen LogP contribution < -0.4 is 4.74 Å². The van der Waals surface area contributed by atoms with Gasteiger partial charge in [-0.05, 0) is 23.8 Å². The first kappa shape index (κ1) is 20.9. The molecule has 0 saturated carbocycles. The molecule has 1 saturated heterocycles. The minimum Gasteiger partial charge on any atom is -0.508 e. The van der Waals surface area contributed by atoms with Gasteiger partial charge in [0.05, 0.1) is 6.61 Å². The van der Waals surface area contributed by atoms with E-state index in [0.29, 0.717) is 5.56 Å². The molecule has 1 fully saturated rings. The van der Waals surface area contributed by atoms with E-state index in [-0.39, 0.29) is 22.8 Å². The van der Waals surface area contributed by atoms with Gasteiger partial charge in [0.1, 0.15) is 35.9 Å². The van der Waals surface area contributed by atoms with Crippen molar-refractivity contribution < 1.29 is 45.2 Å². The normalized spacial score (nSPS) is 27.2. The van der Waals surface area contributed by atoms with Crippen LogP contribution in [0.1, 0.15) is 11.1 Å². The van der Waals surface area contributed by atoms with E-state index in [1.54, 1.807) is 18.2 Å². The number of aromatic hydroxyl groups is 3. The molecule has 9 heteroatoms. The first-order valence-electron chi connectivity index (χ1n) is 8.80. The van der Waals surface area contributed by atoms with Crippen LogP contribution in [-0.4, -0.2) is 73.1 Å². The summed E-state index contributed by atoms with van der Waals surface area (Å²) in [6, 6.07) is 8.60. The molecule has 0 spiro atoms. The SMILES string of the molecule is OCC1OC(Oc2c(O)cc(O)cc2/C=C/c2ccc(O)cc2)[C@H](O)[C@@H](O)[C@@H]1O. The van der Waals surface area contributed by atoms with Crippen molar-refractivity contribution in [1.82, 2.24) is 0 Å².